The number of nitrogens with one attached hydrogen (secondary N) is 1. The first-order valence-corrected chi connectivity index (χ1v) is 10.7. The highest BCUT2D eigenvalue weighted by atomic mass is 16.2. The van der Waals surface area contributed by atoms with E-state index in [1.807, 2.05) is 61.0 Å². The summed E-state index contributed by atoms with van der Waals surface area (Å²) in [6.45, 7) is 5.75. The molecule has 6 nitrogen and oxygen atoms in total. The maximum Gasteiger partial charge on any atom is 0.239 e. The van der Waals surface area contributed by atoms with E-state index in [-0.39, 0.29) is 11.8 Å². The molecule has 2 amide bonds. The largest absolute Gasteiger partial charge is 0.350 e. The number of carbonyl (C=O) groups excluding carboxylic acids is 2. The number of carbonyl (C=O) groups is 2. The summed E-state index contributed by atoms with van der Waals surface area (Å²) >= 11 is 0. The van der Waals surface area contributed by atoms with Crippen molar-refractivity contribution in [1.82, 2.24) is 15.1 Å². The molecule has 1 fully saturated rings. The zero-order chi connectivity index (χ0) is 21.8. The molecule has 6 heteroatoms. The van der Waals surface area contributed by atoms with E-state index in [1.165, 1.54) is 11.1 Å². The third kappa shape index (κ3) is 4.68. The van der Waals surface area contributed by atoms with Crippen LogP contribution in [0.1, 0.15) is 28.8 Å². The summed E-state index contributed by atoms with van der Waals surface area (Å²) in [7, 11) is 0. The third-order valence-electron chi connectivity index (χ3n) is 6.03. The molecule has 0 aliphatic carbocycles. The van der Waals surface area contributed by atoms with Gasteiger partial charge in [-0.25, -0.2) is 0 Å². The lowest BCUT2D eigenvalue weighted by molar-refractivity contribution is -0.132. The molecule has 0 radical (unpaired) electrons. The molecule has 1 aliphatic heterocycles. The molecule has 2 aromatic carbocycles. The lowest BCUT2D eigenvalue weighted by atomic mass is 10.1. The number of benzene rings is 2. The Morgan fingerprint density at radius 3 is 2.68 bits per heavy atom. The minimum absolute atomic E-state index is 0.127. The average Bonchev–Trinajstić information content (AvgIpc) is 3.39. The lowest BCUT2D eigenvalue weighted by Crippen LogP contribution is -2.37. The van der Waals surface area contributed by atoms with E-state index < -0.39 is 5.92 Å². The van der Waals surface area contributed by atoms with E-state index >= 15 is 0 Å². The van der Waals surface area contributed by atoms with Crippen LogP contribution >= 0.6 is 0 Å². The standard InChI is InChI=1S/C25H28N4O2/c1-18-8-9-21(16-19(18)2)28-14-12-23(25(28)31)24(30)26-17-22-10-13-27-29(22)15-11-20-6-4-3-5-7-20/h3-10,13,16,23H,11-12,14-15,17H2,1-2H3,(H,26,30)/t23-/m0/s1. The lowest BCUT2D eigenvalue weighted by Gasteiger charge is -2.18. The van der Waals surface area contributed by atoms with Crippen LogP contribution in [-0.2, 0) is 29.1 Å². The molecule has 2 heterocycles. The molecular formula is C25H28N4O2. The zero-order valence-corrected chi connectivity index (χ0v) is 18.0. The van der Waals surface area contributed by atoms with Gasteiger partial charge >= 0.3 is 0 Å². The van der Waals surface area contributed by atoms with Gasteiger partial charge in [-0.3, -0.25) is 14.3 Å². The van der Waals surface area contributed by atoms with E-state index in [9.17, 15) is 9.59 Å². The Labute approximate surface area is 182 Å². The number of rotatable bonds is 7. The van der Waals surface area contributed by atoms with Crippen LogP contribution in [0.4, 0.5) is 5.69 Å². The predicted molar refractivity (Wildman–Crippen MR) is 121 cm³/mol. The normalized spacial score (nSPS) is 16.0. The van der Waals surface area contributed by atoms with Gasteiger partial charge in [-0.15, -0.1) is 0 Å². The molecule has 1 aliphatic rings. The van der Waals surface area contributed by atoms with Crippen LogP contribution in [0, 0.1) is 19.8 Å². The van der Waals surface area contributed by atoms with Gasteiger partial charge in [-0.05, 0) is 61.6 Å². The predicted octanol–water partition coefficient (Wildman–Crippen LogP) is 3.41. The van der Waals surface area contributed by atoms with E-state index in [2.05, 4.69) is 22.5 Å². The maximum absolute atomic E-state index is 12.9. The fourth-order valence-electron chi connectivity index (χ4n) is 3.97. The minimum atomic E-state index is -0.637. The molecular weight excluding hydrogens is 388 g/mol. The van der Waals surface area contributed by atoms with Crippen LogP contribution in [-0.4, -0.2) is 28.1 Å². The SMILES string of the molecule is Cc1ccc(N2CC[C@@H](C(=O)NCc3ccnn3CCc3ccccc3)C2=O)cc1C. The smallest absolute Gasteiger partial charge is 0.239 e. The van der Waals surface area contributed by atoms with E-state index in [0.717, 1.165) is 29.9 Å². The fraction of sp³-hybridized carbons (Fsp3) is 0.320. The van der Waals surface area contributed by atoms with Gasteiger partial charge in [0.05, 0.1) is 12.2 Å². The van der Waals surface area contributed by atoms with Gasteiger partial charge in [0, 0.05) is 25.0 Å². The second-order valence-electron chi connectivity index (χ2n) is 8.10. The van der Waals surface area contributed by atoms with Crippen molar-refractivity contribution in [3.8, 4) is 0 Å². The van der Waals surface area contributed by atoms with Crippen LogP contribution in [0.15, 0.2) is 60.8 Å². The van der Waals surface area contributed by atoms with Gasteiger partial charge < -0.3 is 10.2 Å². The van der Waals surface area contributed by atoms with Crippen molar-refractivity contribution in [1.29, 1.82) is 0 Å². The summed E-state index contributed by atoms with van der Waals surface area (Å²) in [5.41, 5.74) is 5.37. The fourth-order valence-corrected chi connectivity index (χ4v) is 3.97. The summed E-state index contributed by atoms with van der Waals surface area (Å²) in [4.78, 5) is 27.4. The Hall–Kier alpha value is -3.41. The Kier molecular flexibility index (Phi) is 6.16. The van der Waals surface area contributed by atoms with Gasteiger partial charge in [-0.1, -0.05) is 36.4 Å². The van der Waals surface area contributed by atoms with Gasteiger partial charge in [0.2, 0.25) is 11.8 Å². The quantitative estimate of drug-likeness (QED) is 0.600. The Morgan fingerprint density at radius 1 is 1.10 bits per heavy atom. The first-order valence-electron chi connectivity index (χ1n) is 10.7. The summed E-state index contributed by atoms with van der Waals surface area (Å²) in [6.07, 6.45) is 3.15. The molecule has 4 rings (SSSR count). The first kappa shape index (κ1) is 20.8. The number of hydrogen-bond acceptors (Lipinski definition) is 3. The average molecular weight is 417 g/mol. The molecule has 1 saturated heterocycles. The summed E-state index contributed by atoms with van der Waals surface area (Å²) < 4.78 is 1.91. The molecule has 0 unspecified atom stereocenters. The number of amides is 2. The monoisotopic (exact) mass is 416 g/mol. The van der Waals surface area contributed by atoms with Crippen LogP contribution in [0.2, 0.25) is 0 Å². The summed E-state index contributed by atoms with van der Waals surface area (Å²) in [5, 5.41) is 7.32. The number of aromatic nitrogens is 2. The Bertz CT molecular complexity index is 1070. The van der Waals surface area contributed by atoms with Gasteiger partial charge in [0.1, 0.15) is 5.92 Å². The maximum atomic E-state index is 12.9. The van der Waals surface area contributed by atoms with Crippen LogP contribution in [0.5, 0.6) is 0 Å². The Balaban J connectivity index is 1.34. The zero-order valence-electron chi connectivity index (χ0n) is 18.0. The van der Waals surface area contributed by atoms with Crippen LogP contribution < -0.4 is 10.2 Å². The molecule has 1 aromatic heterocycles. The van der Waals surface area contributed by atoms with Crippen molar-refractivity contribution < 1.29 is 9.59 Å². The molecule has 1 N–H and O–H groups in total. The first-order chi connectivity index (χ1) is 15.0. The molecule has 0 bridgehead atoms. The molecule has 0 saturated carbocycles. The van der Waals surface area contributed by atoms with Gasteiger partial charge in [0.25, 0.3) is 0 Å². The van der Waals surface area contributed by atoms with Gasteiger partial charge in [-0.2, -0.15) is 5.10 Å². The Morgan fingerprint density at radius 2 is 1.90 bits per heavy atom. The highest BCUT2D eigenvalue weighted by Crippen LogP contribution is 2.27. The topological polar surface area (TPSA) is 67.2 Å². The number of aryl methyl sites for hydroxylation is 4. The summed E-state index contributed by atoms with van der Waals surface area (Å²) in [5.74, 6) is -0.979. The number of anilines is 1. The van der Waals surface area contributed by atoms with Crippen LogP contribution in [0.3, 0.4) is 0 Å². The molecule has 0 spiro atoms. The van der Waals surface area contributed by atoms with E-state index in [1.54, 1.807) is 11.1 Å². The molecule has 31 heavy (non-hydrogen) atoms. The van der Waals surface area contributed by atoms with E-state index in [4.69, 9.17) is 0 Å². The highest BCUT2D eigenvalue weighted by molar-refractivity contribution is 6.09. The second kappa shape index (κ2) is 9.16. The van der Waals surface area contributed by atoms with Crippen molar-refractivity contribution in [3.05, 3.63) is 83.2 Å². The molecule has 3 aromatic rings. The number of nitrogens with zero attached hydrogens (tertiary/aromatic N) is 3. The van der Waals surface area contributed by atoms with Crippen molar-refractivity contribution in [2.45, 2.75) is 39.8 Å². The van der Waals surface area contributed by atoms with Crippen molar-refractivity contribution in [2.24, 2.45) is 5.92 Å². The highest BCUT2D eigenvalue weighted by Gasteiger charge is 2.37. The van der Waals surface area contributed by atoms with Crippen molar-refractivity contribution >= 4 is 17.5 Å². The van der Waals surface area contributed by atoms with Crippen molar-refractivity contribution in [2.75, 3.05) is 11.4 Å². The molecule has 160 valence electrons. The second-order valence-corrected chi connectivity index (χ2v) is 8.10. The van der Waals surface area contributed by atoms with E-state index in [0.29, 0.717) is 19.5 Å². The molecule has 1 atom stereocenters. The van der Waals surface area contributed by atoms with Gasteiger partial charge in [0.15, 0.2) is 0 Å². The summed E-state index contributed by atoms with van der Waals surface area (Å²) in [6, 6.07) is 18.1. The third-order valence-corrected chi connectivity index (χ3v) is 6.03. The minimum Gasteiger partial charge on any atom is -0.350 e. The number of hydrogen-bond donors (Lipinski definition) is 1. The van der Waals surface area contributed by atoms with Crippen LogP contribution in [0.25, 0.3) is 0 Å². The van der Waals surface area contributed by atoms with Crippen molar-refractivity contribution in [3.63, 3.8) is 0 Å².